The van der Waals surface area contributed by atoms with Gasteiger partial charge in [0.25, 0.3) is 0 Å². The molecule has 0 aliphatic carbocycles. The van der Waals surface area contributed by atoms with E-state index in [2.05, 4.69) is 6.92 Å². The van der Waals surface area contributed by atoms with E-state index in [0.717, 1.165) is 24.8 Å². The number of fused-ring (bicyclic) bond motifs is 1. The highest BCUT2D eigenvalue weighted by Crippen LogP contribution is 2.33. The van der Waals surface area contributed by atoms with Crippen LogP contribution in [0.5, 0.6) is 11.5 Å². The zero-order chi connectivity index (χ0) is 25.6. The zero-order valence-corrected chi connectivity index (χ0v) is 21.7. The van der Waals surface area contributed by atoms with Crippen molar-refractivity contribution in [2.75, 3.05) is 33.6 Å². The normalized spacial score (nSPS) is 12.1. The molecule has 0 radical (unpaired) electrons. The van der Waals surface area contributed by atoms with Crippen LogP contribution in [0.1, 0.15) is 69.6 Å². The molecule has 0 N–H and O–H groups in total. The third-order valence-corrected chi connectivity index (χ3v) is 6.33. The van der Waals surface area contributed by atoms with Crippen molar-refractivity contribution in [3.8, 4) is 11.5 Å². The topological polar surface area (TPSA) is 81.5 Å². The number of hydrogen-bond donors (Lipinski definition) is 0. The minimum atomic E-state index is -0.145. The van der Waals surface area contributed by atoms with Crippen LogP contribution >= 0.6 is 0 Å². The number of amides is 2. The van der Waals surface area contributed by atoms with Gasteiger partial charge < -0.3 is 28.4 Å². The van der Waals surface area contributed by atoms with Crippen molar-refractivity contribution in [3.63, 3.8) is 0 Å². The van der Waals surface area contributed by atoms with Gasteiger partial charge in [0.05, 0.1) is 26.0 Å². The van der Waals surface area contributed by atoms with Gasteiger partial charge >= 0.3 is 0 Å². The number of carbonyl (C=O) groups is 2. The first kappa shape index (κ1) is 27.6. The number of furan rings is 1. The van der Waals surface area contributed by atoms with Gasteiger partial charge in [-0.1, -0.05) is 51.5 Å². The molecule has 0 unspecified atom stereocenters. The molecule has 0 atom stereocenters. The van der Waals surface area contributed by atoms with Crippen molar-refractivity contribution >= 4 is 11.8 Å². The van der Waals surface area contributed by atoms with Crippen LogP contribution in [0.25, 0.3) is 0 Å². The van der Waals surface area contributed by atoms with E-state index >= 15 is 0 Å². The number of ether oxygens (including phenoxy) is 3. The van der Waals surface area contributed by atoms with Crippen molar-refractivity contribution in [1.82, 2.24) is 9.80 Å². The maximum atomic E-state index is 13.5. The number of rotatable bonds is 17. The quantitative estimate of drug-likeness (QED) is 0.279. The van der Waals surface area contributed by atoms with Gasteiger partial charge in [0.15, 0.2) is 11.5 Å². The fourth-order valence-corrected chi connectivity index (χ4v) is 4.23. The van der Waals surface area contributed by atoms with Gasteiger partial charge in [0.1, 0.15) is 5.76 Å². The summed E-state index contributed by atoms with van der Waals surface area (Å²) in [5.41, 5.74) is 0.914. The summed E-state index contributed by atoms with van der Waals surface area (Å²) in [6.07, 6.45) is 10.0. The summed E-state index contributed by atoms with van der Waals surface area (Å²) in [5.74, 6) is 1.90. The molecule has 0 fully saturated rings. The predicted molar refractivity (Wildman–Crippen MR) is 137 cm³/mol. The Kier molecular flexibility index (Phi) is 11.6. The summed E-state index contributed by atoms with van der Waals surface area (Å²) in [7, 11) is 1.60. The van der Waals surface area contributed by atoms with Crippen LogP contribution in [0.4, 0.5) is 0 Å². The fourth-order valence-electron chi connectivity index (χ4n) is 4.23. The summed E-state index contributed by atoms with van der Waals surface area (Å²) in [4.78, 5) is 29.8. The van der Waals surface area contributed by atoms with Crippen LogP contribution < -0.4 is 9.47 Å². The smallest absolute Gasteiger partial charge is 0.242 e. The Morgan fingerprint density at radius 1 is 0.917 bits per heavy atom. The van der Waals surface area contributed by atoms with Crippen LogP contribution in [-0.4, -0.2) is 55.2 Å². The van der Waals surface area contributed by atoms with E-state index in [0.29, 0.717) is 49.9 Å². The molecule has 1 aromatic carbocycles. The minimum absolute atomic E-state index is 0.00392. The molecule has 198 valence electrons. The van der Waals surface area contributed by atoms with E-state index in [1.807, 2.05) is 24.3 Å². The molecule has 2 amide bonds. The maximum absolute atomic E-state index is 13.5. The lowest BCUT2D eigenvalue weighted by atomic mass is 10.1. The van der Waals surface area contributed by atoms with E-state index in [-0.39, 0.29) is 25.2 Å². The lowest BCUT2D eigenvalue weighted by Crippen LogP contribution is -2.43. The monoisotopic (exact) mass is 500 g/mol. The number of nitrogens with zero attached hydrogens (tertiary/aromatic N) is 2. The van der Waals surface area contributed by atoms with Gasteiger partial charge in [-0.15, -0.1) is 0 Å². The Balaban J connectivity index is 1.60. The first-order valence-corrected chi connectivity index (χ1v) is 13.1. The molecule has 1 aromatic heterocycles. The molecular formula is C28H40N2O6. The van der Waals surface area contributed by atoms with Gasteiger partial charge in [0, 0.05) is 26.6 Å². The van der Waals surface area contributed by atoms with Gasteiger partial charge in [-0.2, -0.15) is 0 Å². The second kappa shape index (κ2) is 15.2. The lowest BCUT2D eigenvalue weighted by Gasteiger charge is -2.27. The van der Waals surface area contributed by atoms with Crippen LogP contribution in [0.2, 0.25) is 0 Å². The van der Waals surface area contributed by atoms with Crippen molar-refractivity contribution in [1.29, 1.82) is 0 Å². The highest BCUT2D eigenvalue weighted by molar-refractivity contribution is 5.84. The molecule has 8 nitrogen and oxygen atoms in total. The molecule has 36 heavy (non-hydrogen) atoms. The minimum Gasteiger partial charge on any atom is -0.467 e. The Labute approximate surface area is 214 Å². The Morgan fingerprint density at radius 3 is 2.44 bits per heavy atom. The van der Waals surface area contributed by atoms with E-state index in [1.54, 1.807) is 29.2 Å². The van der Waals surface area contributed by atoms with Crippen LogP contribution in [0, 0.1) is 0 Å². The highest BCUT2D eigenvalue weighted by atomic mass is 16.7. The first-order valence-electron chi connectivity index (χ1n) is 13.1. The molecule has 2 heterocycles. The lowest BCUT2D eigenvalue weighted by molar-refractivity contribution is -0.142. The molecule has 0 saturated carbocycles. The fraction of sp³-hybridized carbons (Fsp3) is 0.571. The van der Waals surface area contributed by atoms with E-state index in [9.17, 15) is 9.59 Å². The second-order valence-corrected chi connectivity index (χ2v) is 9.20. The summed E-state index contributed by atoms with van der Waals surface area (Å²) >= 11 is 0. The van der Waals surface area contributed by atoms with E-state index < -0.39 is 0 Å². The number of methoxy groups -OCH3 is 1. The maximum Gasteiger partial charge on any atom is 0.242 e. The Morgan fingerprint density at radius 2 is 1.69 bits per heavy atom. The Hall–Kier alpha value is -3.00. The third kappa shape index (κ3) is 8.90. The molecule has 0 bridgehead atoms. The summed E-state index contributed by atoms with van der Waals surface area (Å²) in [5, 5.41) is 0. The van der Waals surface area contributed by atoms with Crippen molar-refractivity contribution in [3.05, 3.63) is 47.9 Å². The van der Waals surface area contributed by atoms with Crippen LogP contribution in [-0.2, 0) is 27.4 Å². The zero-order valence-electron chi connectivity index (χ0n) is 21.7. The highest BCUT2D eigenvalue weighted by Gasteiger charge is 2.23. The van der Waals surface area contributed by atoms with Crippen molar-refractivity contribution < 1.29 is 28.2 Å². The molecular weight excluding hydrogens is 460 g/mol. The summed E-state index contributed by atoms with van der Waals surface area (Å²) < 4.78 is 21.6. The largest absolute Gasteiger partial charge is 0.467 e. The summed E-state index contributed by atoms with van der Waals surface area (Å²) in [6.45, 7) is 3.85. The van der Waals surface area contributed by atoms with Crippen LogP contribution in [0.3, 0.4) is 0 Å². The van der Waals surface area contributed by atoms with Crippen molar-refractivity contribution in [2.24, 2.45) is 0 Å². The van der Waals surface area contributed by atoms with Gasteiger partial charge in [-0.05, 0) is 36.2 Å². The van der Waals surface area contributed by atoms with Crippen LogP contribution in [0.15, 0.2) is 41.0 Å². The SMILES string of the molecule is CCCCCCCCCC(=O)N(CCOC)CC(=O)N(Cc1ccc2c(c1)OCO2)Cc1ccco1. The van der Waals surface area contributed by atoms with Gasteiger partial charge in [0.2, 0.25) is 18.6 Å². The van der Waals surface area contributed by atoms with Gasteiger partial charge in [-0.25, -0.2) is 0 Å². The van der Waals surface area contributed by atoms with Gasteiger partial charge in [-0.3, -0.25) is 9.59 Å². The predicted octanol–water partition coefficient (Wildman–Crippen LogP) is 5.15. The number of benzene rings is 1. The van der Waals surface area contributed by atoms with E-state index in [4.69, 9.17) is 18.6 Å². The summed E-state index contributed by atoms with van der Waals surface area (Å²) in [6, 6.07) is 9.30. The molecule has 1 aliphatic rings. The number of unbranched alkanes of at least 4 members (excludes halogenated alkanes) is 6. The molecule has 3 rings (SSSR count). The average molecular weight is 501 g/mol. The number of hydrogen-bond acceptors (Lipinski definition) is 6. The Bertz CT molecular complexity index is 930. The molecule has 0 saturated heterocycles. The molecule has 2 aromatic rings. The molecule has 0 spiro atoms. The average Bonchev–Trinajstić information content (AvgIpc) is 3.57. The second-order valence-electron chi connectivity index (χ2n) is 9.20. The van der Waals surface area contributed by atoms with E-state index in [1.165, 1.54) is 25.7 Å². The standard InChI is InChI=1S/C28H40N2O6/c1-3-4-5-6-7-8-9-12-27(31)29(15-17-33-2)21-28(32)30(20-24-11-10-16-34-24)19-23-13-14-25-26(18-23)36-22-35-25/h10-11,13-14,16,18H,3-9,12,15,17,19-22H2,1-2H3. The molecule has 8 heteroatoms. The molecule has 1 aliphatic heterocycles. The number of carbonyl (C=O) groups excluding carboxylic acids is 2. The third-order valence-electron chi connectivity index (χ3n) is 6.33. The van der Waals surface area contributed by atoms with Crippen molar-refractivity contribution in [2.45, 2.75) is 71.4 Å². The first-order chi connectivity index (χ1) is 17.6.